The number of hydrogen-bond donors (Lipinski definition) is 1. The lowest BCUT2D eigenvalue weighted by Crippen LogP contribution is -2.55. The van der Waals surface area contributed by atoms with Crippen molar-refractivity contribution in [3.8, 4) is 0 Å². The average molecular weight is 291 g/mol. The van der Waals surface area contributed by atoms with Crippen molar-refractivity contribution < 1.29 is 9.34 Å². The van der Waals surface area contributed by atoms with Gasteiger partial charge in [0.15, 0.2) is 11.1 Å². The van der Waals surface area contributed by atoms with Gasteiger partial charge in [-0.2, -0.15) is 4.98 Å². The first-order valence-corrected chi connectivity index (χ1v) is 6.79. The highest BCUT2D eigenvalue weighted by Crippen LogP contribution is 2.30. The number of nitrogens with two attached hydrogens (primary N) is 1. The number of benzene rings is 1. The van der Waals surface area contributed by atoms with Gasteiger partial charge in [0, 0.05) is 32.2 Å². The van der Waals surface area contributed by atoms with Crippen LogP contribution < -0.4 is 10.6 Å². The molecule has 0 radical (unpaired) electrons. The van der Waals surface area contributed by atoms with Crippen molar-refractivity contribution in [3.05, 3.63) is 28.3 Å². The number of anilines is 1. The number of para-hydroxylation sites is 1. The number of hydrogen-bond acceptors (Lipinski definition) is 7. The second-order valence-corrected chi connectivity index (χ2v) is 5.22. The lowest BCUT2D eigenvalue weighted by molar-refractivity contribution is -0.383. The summed E-state index contributed by atoms with van der Waals surface area (Å²) in [7, 11) is 2.04. The highest BCUT2D eigenvalue weighted by Gasteiger charge is 2.29. The Morgan fingerprint density at radius 1 is 1.52 bits per heavy atom. The summed E-state index contributed by atoms with van der Waals surface area (Å²) < 4.78 is 5.70. The van der Waals surface area contributed by atoms with Gasteiger partial charge in [-0.15, -0.1) is 0 Å². The fraction of sp³-hybridized carbons (Fsp3) is 0.462. The Hall–Kier alpha value is -2.19. The molecule has 0 amide bonds. The maximum Gasteiger partial charge on any atom is 0.299 e. The second-order valence-electron chi connectivity index (χ2n) is 5.22. The summed E-state index contributed by atoms with van der Waals surface area (Å²) in [4.78, 5) is 19.1. The summed E-state index contributed by atoms with van der Waals surface area (Å²) in [5.74, 6) is 0. The maximum absolute atomic E-state index is 11.0. The summed E-state index contributed by atoms with van der Waals surface area (Å²) in [6.07, 6.45) is 0. The third-order valence-corrected chi connectivity index (χ3v) is 3.79. The molecule has 8 heteroatoms. The minimum Gasteiger partial charge on any atom is -0.423 e. The molecule has 2 heterocycles. The van der Waals surface area contributed by atoms with Crippen LogP contribution in [0.2, 0.25) is 0 Å². The molecule has 1 atom stereocenters. The monoisotopic (exact) mass is 291 g/mol. The van der Waals surface area contributed by atoms with Crippen molar-refractivity contribution in [2.45, 2.75) is 6.04 Å². The van der Waals surface area contributed by atoms with Crippen LogP contribution in [0.15, 0.2) is 22.6 Å². The van der Waals surface area contributed by atoms with Crippen LogP contribution in [0.1, 0.15) is 0 Å². The summed E-state index contributed by atoms with van der Waals surface area (Å²) in [5.41, 5.74) is 6.49. The molecule has 1 saturated heterocycles. The predicted molar refractivity (Wildman–Crippen MR) is 78.3 cm³/mol. The lowest BCUT2D eigenvalue weighted by atomic mass is 10.2. The molecule has 0 saturated carbocycles. The molecular weight excluding hydrogens is 274 g/mol. The molecule has 1 aliphatic heterocycles. The number of nitro groups is 1. The lowest BCUT2D eigenvalue weighted by Gasteiger charge is -2.38. The third kappa shape index (κ3) is 2.43. The molecule has 112 valence electrons. The van der Waals surface area contributed by atoms with E-state index in [0.717, 1.165) is 19.6 Å². The van der Waals surface area contributed by atoms with Crippen LogP contribution in [0.4, 0.5) is 11.7 Å². The largest absolute Gasteiger partial charge is 0.423 e. The fourth-order valence-corrected chi connectivity index (χ4v) is 2.66. The van der Waals surface area contributed by atoms with Crippen molar-refractivity contribution in [2.75, 3.05) is 38.1 Å². The zero-order valence-electron chi connectivity index (χ0n) is 11.7. The van der Waals surface area contributed by atoms with Crippen LogP contribution >= 0.6 is 0 Å². The molecule has 1 unspecified atom stereocenters. The molecule has 8 nitrogen and oxygen atoms in total. The number of fused-ring (bicyclic) bond motifs is 1. The highest BCUT2D eigenvalue weighted by atomic mass is 16.6. The Morgan fingerprint density at radius 3 is 3.05 bits per heavy atom. The molecule has 2 N–H and O–H groups in total. The zero-order valence-corrected chi connectivity index (χ0v) is 11.7. The smallest absolute Gasteiger partial charge is 0.299 e. The van der Waals surface area contributed by atoms with E-state index in [9.17, 15) is 10.1 Å². The van der Waals surface area contributed by atoms with E-state index < -0.39 is 4.92 Å². The number of oxazole rings is 1. The minimum atomic E-state index is -0.445. The van der Waals surface area contributed by atoms with Crippen LogP contribution in [0.3, 0.4) is 0 Å². The van der Waals surface area contributed by atoms with Gasteiger partial charge < -0.3 is 20.0 Å². The molecular formula is C13H17N5O3. The molecule has 0 bridgehead atoms. The number of aromatic nitrogens is 1. The van der Waals surface area contributed by atoms with Gasteiger partial charge in [-0.25, -0.2) is 0 Å². The summed E-state index contributed by atoms with van der Waals surface area (Å²) in [5, 5.41) is 11.0. The predicted octanol–water partition coefficient (Wildman–Crippen LogP) is 0.815. The molecule has 0 aliphatic carbocycles. The first kappa shape index (κ1) is 13.8. The van der Waals surface area contributed by atoms with Crippen LogP contribution in [-0.4, -0.2) is 54.1 Å². The molecule has 1 aromatic heterocycles. The van der Waals surface area contributed by atoms with Crippen LogP contribution in [0.5, 0.6) is 0 Å². The van der Waals surface area contributed by atoms with Crippen molar-refractivity contribution in [2.24, 2.45) is 5.73 Å². The number of nitro benzene ring substituents is 1. The van der Waals surface area contributed by atoms with E-state index in [4.69, 9.17) is 10.2 Å². The number of piperazine rings is 1. The number of non-ortho nitro benzene ring substituents is 1. The SMILES string of the molecule is CN1CCN(c2nc3c([N+](=O)[O-])cccc3o2)C(CN)C1. The first-order chi connectivity index (χ1) is 10.1. The van der Waals surface area contributed by atoms with Crippen LogP contribution in [0, 0.1) is 10.1 Å². The van der Waals surface area contributed by atoms with Crippen molar-refractivity contribution in [1.82, 2.24) is 9.88 Å². The Morgan fingerprint density at radius 2 is 2.33 bits per heavy atom. The molecule has 1 aliphatic rings. The standard InChI is InChI=1S/C13H17N5O3/c1-16-5-6-17(9(7-14)8-16)13-15-12-10(18(19)20)3-2-4-11(12)21-13/h2-4,9H,5-8,14H2,1H3. The van der Waals surface area contributed by atoms with Crippen molar-refractivity contribution >= 4 is 22.8 Å². The summed E-state index contributed by atoms with van der Waals surface area (Å²) >= 11 is 0. The number of likely N-dealkylation sites (N-methyl/N-ethyl adjacent to an activating group) is 1. The van der Waals surface area contributed by atoms with Gasteiger partial charge in [0.05, 0.1) is 11.0 Å². The van der Waals surface area contributed by atoms with E-state index in [0.29, 0.717) is 18.1 Å². The van der Waals surface area contributed by atoms with Gasteiger partial charge in [-0.3, -0.25) is 10.1 Å². The van der Waals surface area contributed by atoms with Gasteiger partial charge in [0.2, 0.25) is 0 Å². The van der Waals surface area contributed by atoms with Crippen molar-refractivity contribution in [1.29, 1.82) is 0 Å². The minimum absolute atomic E-state index is 0.0408. The normalized spacial score (nSPS) is 20.1. The van der Waals surface area contributed by atoms with E-state index in [2.05, 4.69) is 9.88 Å². The van der Waals surface area contributed by atoms with E-state index in [1.807, 2.05) is 11.9 Å². The van der Waals surface area contributed by atoms with Gasteiger partial charge in [-0.05, 0) is 13.1 Å². The second kappa shape index (κ2) is 5.30. The van der Waals surface area contributed by atoms with Gasteiger partial charge in [-0.1, -0.05) is 6.07 Å². The fourth-order valence-electron chi connectivity index (χ4n) is 2.66. The average Bonchev–Trinajstić information content (AvgIpc) is 2.90. The Labute approximate surface area is 121 Å². The molecule has 1 aromatic carbocycles. The topological polar surface area (TPSA) is 102 Å². The third-order valence-electron chi connectivity index (χ3n) is 3.79. The molecule has 3 rings (SSSR count). The maximum atomic E-state index is 11.0. The van der Waals surface area contributed by atoms with Crippen LogP contribution in [-0.2, 0) is 0 Å². The number of rotatable bonds is 3. The van der Waals surface area contributed by atoms with E-state index in [1.165, 1.54) is 6.07 Å². The molecule has 21 heavy (non-hydrogen) atoms. The Kier molecular flexibility index (Phi) is 3.48. The molecule has 1 fully saturated rings. The molecule has 0 spiro atoms. The Balaban J connectivity index is 2.01. The number of nitrogens with zero attached hydrogens (tertiary/aromatic N) is 4. The van der Waals surface area contributed by atoms with E-state index >= 15 is 0 Å². The van der Waals surface area contributed by atoms with Gasteiger partial charge >= 0.3 is 0 Å². The quantitative estimate of drug-likeness (QED) is 0.659. The highest BCUT2D eigenvalue weighted by molar-refractivity contribution is 5.84. The van der Waals surface area contributed by atoms with Gasteiger partial charge in [0.25, 0.3) is 11.7 Å². The zero-order chi connectivity index (χ0) is 15.0. The summed E-state index contributed by atoms with van der Waals surface area (Å²) in [6.45, 7) is 2.90. The molecule has 2 aromatic rings. The van der Waals surface area contributed by atoms with Gasteiger partial charge in [0.1, 0.15) is 0 Å². The van der Waals surface area contributed by atoms with E-state index in [-0.39, 0.29) is 17.2 Å². The van der Waals surface area contributed by atoms with Crippen molar-refractivity contribution in [3.63, 3.8) is 0 Å². The first-order valence-electron chi connectivity index (χ1n) is 6.79. The Bertz CT molecular complexity index is 671. The summed E-state index contributed by atoms with van der Waals surface area (Å²) in [6, 6.07) is 5.21. The van der Waals surface area contributed by atoms with E-state index in [1.54, 1.807) is 12.1 Å². The van der Waals surface area contributed by atoms with Crippen LogP contribution in [0.25, 0.3) is 11.1 Å².